The third-order valence-electron chi connectivity index (χ3n) is 12.4. The second-order valence-corrected chi connectivity index (χ2v) is 17.8. The first-order valence-electron chi connectivity index (χ1n) is 23.7. The summed E-state index contributed by atoms with van der Waals surface area (Å²) < 4.78 is 44.2. The number of nitrogens with one attached hydrogen (secondary N) is 3. The molecular formula is C44H70N4O25. The normalized spacial score (nSPS) is 36.7. The highest BCUT2D eigenvalue weighted by molar-refractivity contribution is 5.91. The number of amides is 4. The molecule has 5 rings (SSSR count). The summed E-state index contributed by atoms with van der Waals surface area (Å²) in [7, 11) is 0. The minimum Gasteiger partial charge on any atom is -0.394 e. The number of hydrogen-bond donors (Lipinski definition) is 16. The third-order valence-corrected chi connectivity index (χ3v) is 12.4. The van der Waals surface area contributed by atoms with Crippen LogP contribution < -0.4 is 16.0 Å². The summed E-state index contributed by atoms with van der Waals surface area (Å²) in [6.45, 7) is -3.34. The fraction of sp³-hybridized carbons (Fsp3) is 0.773. The average molecular weight is 1060 g/mol. The van der Waals surface area contributed by atoms with Crippen molar-refractivity contribution in [2.45, 2.75) is 155 Å². The largest absolute Gasteiger partial charge is 0.394 e. The molecule has 73 heavy (non-hydrogen) atoms. The minimum absolute atomic E-state index is 0.0718. The molecule has 0 radical (unpaired) electrons. The van der Waals surface area contributed by atoms with Gasteiger partial charge in [-0.1, -0.05) is 18.2 Å². The maximum Gasteiger partial charge on any atom is 0.239 e. The van der Waals surface area contributed by atoms with Crippen LogP contribution in [0.25, 0.3) is 0 Å². The van der Waals surface area contributed by atoms with Crippen molar-refractivity contribution < 1.29 is 123 Å². The number of anilines is 1. The van der Waals surface area contributed by atoms with Gasteiger partial charge in [-0.3, -0.25) is 19.2 Å². The molecule has 16 N–H and O–H groups in total. The van der Waals surface area contributed by atoms with E-state index >= 15 is 0 Å². The highest BCUT2D eigenvalue weighted by atomic mass is 16.8. The summed E-state index contributed by atoms with van der Waals surface area (Å²) in [4.78, 5) is 53.2. The maximum absolute atomic E-state index is 13.5. The summed E-state index contributed by atoms with van der Waals surface area (Å²) in [5, 5.41) is 142. The van der Waals surface area contributed by atoms with Crippen LogP contribution in [0.1, 0.15) is 32.6 Å². The molecule has 4 saturated heterocycles. The number of carbonyl (C=O) groups is 4. The first-order chi connectivity index (χ1) is 34.7. The van der Waals surface area contributed by atoms with Crippen LogP contribution >= 0.6 is 0 Å². The van der Waals surface area contributed by atoms with Crippen LogP contribution in [-0.4, -0.2) is 277 Å². The molecule has 1 aromatic rings. The predicted molar refractivity (Wildman–Crippen MR) is 239 cm³/mol. The highest BCUT2D eigenvalue weighted by Gasteiger charge is 2.52. The van der Waals surface area contributed by atoms with Crippen molar-refractivity contribution in [1.82, 2.24) is 15.5 Å². The van der Waals surface area contributed by atoms with E-state index in [-0.39, 0.29) is 51.3 Å². The minimum atomic E-state index is -1.98. The number of aliphatic hydroxyl groups excluding tert-OH is 13. The molecule has 1 aromatic carbocycles. The van der Waals surface area contributed by atoms with Gasteiger partial charge in [0.05, 0.1) is 39.1 Å². The Balaban J connectivity index is 1.18. The van der Waals surface area contributed by atoms with Crippen molar-refractivity contribution in [1.29, 1.82) is 0 Å². The predicted octanol–water partition coefficient (Wildman–Crippen LogP) is -8.44. The molecule has 0 unspecified atom stereocenters. The monoisotopic (exact) mass is 1050 g/mol. The van der Waals surface area contributed by atoms with Crippen LogP contribution in [0.2, 0.25) is 0 Å². The number of ether oxygens (including phenoxy) is 8. The lowest BCUT2D eigenvalue weighted by molar-refractivity contribution is -0.366. The van der Waals surface area contributed by atoms with Gasteiger partial charge in [-0.25, -0.2) is 0 Å². The number of nitrogens with zero attached hydrogens (tertiary/aromatic N) is 1. The Kier molecular flexibility index (Phi) is 23.9. The summed E-state index contributed by atoms with van der Waals surface area (Å²) in [6, 6.07) is 8.71. The van der Waals surface area contributed by atoms with Crippen molar-refractivity contribution in [3.8, 4) is 0 Å². The van der Waals surface area contributed by atoms with Crippen LogP contribution in [0.15, 0.2) is 30.3 Å². The van der Waals surface area contributed by atoms with E-state index in [4.69, 9.17) is 37.9 Å². The van der Waals surface area contributed by atoms with Gasteiger partial charge in [-0.05, 0) is 31.9 Å². The standard InChI is InChI=1S/C44H70N4O25/c1-20-29(55)33(59)36(62)41(69-20)66-13-11-45-26(52)15-48(28(54)10-6-5-9-25(51)47-21-7-3-2-4-8-21)16-27(53)46-12-14-67-43-39(65)40(73-44-38(64)35(61)31(57)23(18-50)71-44)32(58)24(72-43)19-68-42-37(63)34(60)30(56)22(17-49)70-42/h2-4,7-8,20,22-24,29-44,49-50,55-65H,5-6,9-19H2,1H3,(H,45,52)(H,46,53)(H,47,51)/t20-,22+,23+,24+,29+,30+,31+,32+,33+,34-,35-,36-,37-,38-,39-,40-,41+,42-,43-,44+/m0/s1. The number of para-hydroxylation sites is 1. The number of aliphatic hydroxyl groups is 13. The van der Waals surface area contributed by atoms with Gasteiger partial charge in [-0.2, -0.15) is 0 Å². The summed E-state index contributed by atoms with van der Waals surface area (Å²) in [5.74, 6) is -2.42. The zero-order valence-corrected chi connectivity index (χ0v) is 39.8. The van der Waals surface area contributed by atoms with Gasteiger partial charge in [0.1, 0.15) is 105 Å². The Morgan fingerprint density at radius 1 is 0.534 bits per heavy atom. The molecule has 4 aliphatic rings. The molecule has 4 heterocycles. The van der Waals surface area contributed by atoms with Crippen molar-refractivity contribution in [3.63, 3.8) is 0 Å². The number of benzene rings is 1. The molecule has 0 aliphatic carbocycles. The van der Waals surface area contributed by atoms with Crippen LogP contribution in [0.5, 0.6) is 0 Å². The molecule has 0 bridgehead atoms. The van der Waals surface area contributed by atoms with Gasteiger partial charge in [-0.15, -0.1) is 0 Å². The number of unbranched alkanes of at least 4 members (excludes halogenated alkanes) is 1. The third kappa shape index (κ3) is 16.6. The molecule has 416 valence electrons. The number of hydrogen-bond acceptors (Lipinski definition) is 25. The lowest BCUT2D eigenvalue weighted by Crippen LogP contribution is -2.65. The van der Waals surface area contributed by atoms with Crippen molar-refractivity contribution in [3.05, 3.63) is 30.3 Å². The van der Waals surface area contributed by atoms with E-state index in [0.717, 1.165) is 4.90 Å². The summed E-state index contributed by atoms with van der Waals surface area (Å²) >= 11 is 0. The van der Waals surface area contributed by atoms with Gasteiger partial charge < -0.3 is 125 Å². The second kappa shape index (κ2) is 29.0. The van der Waals surface area contributed by atoms with Crippen LogP contribution in [0.3, 0.4) is 0 Å². The van der Waals surface area contributed by atoms with E-state index in [0.29, 0.717) is 5.69 Å². The van der Waals surface area contributed by atoms with Gasteiger partial charge in [0.25, 0.3) is 0 Å². The van der Waals surface area contributed by atoms with Crippen LogP contribution in [-0.2, 0) is 57.1 Å². The highest BCUT2D eigenvalue weighted by Crippen LogP contribution is 2.31. The Labute approximate surface area is 418 Å². The first-order valence-corrected chi connectivity index (χ1v) is 23.7. The smallest absolute Gasteiger partial charge is 0.239 e. The molecule has 0 spiro atoms. The molecule has 4 fully saturated rings. The van der Waals surface area contributed by atoms with Crippen molar-refractivity contribution in [2.24, 2.45) is 0 Å². The van der Waals surface area contributed by atoms with E-state index in [1.807, 2.05) is 0 Å². The van der Waals surface area contributed by atoms with Crippen molar-refractivity contribution >= 4 is 29.3 Å². The summed E-state index contributed by atoms with van der Waals surface area (Å²) in [5.41, 5.74) is 0.589. The van der Waals surface area contributed by atoms with E-state index in [1.165, 1.54) is 6.92 Å². The SMILES string of the molecule is C[C@@H]1O[C@@H](OCCNC(=O)CN(CC(=O)NCCO[C@H]2O[C@H](CO[C@H]3O[C@H](CO)[C@@H](O)[C@H](O)[C@@H]3O)[C@@H](O)[C@H](O[C@H]3O[C@H](CO)[C@@H](O)[C@H](O)[C@@H]3O)[C@@H]2O)C(=O)CCCCC(=O)Nc2ccccc2)[C@@H](O)[C@H](O)[C@@H]1O. The van der Waals surface area contributed by atoms with Gasteiger partial charge >= 0.3 is 0 Å². The fourth-order valence-corrected chi connectivity index (χ4v) is 8.11. The average Bonchev–Trinajstić information content (AvgIpc) is 3.37. The Morgan fingerprint density at radius 3 is 1.58 bits per heavy atom. The molecule has 20 atom stereocenters. The van der Waals surface area contributed by atoms with E-state index in [2.05, 4.69) is 16.0 Å². The number of rotatable bonds is 25. The molecule has 0 aromatic heterocycles. The molecule has 0 saturated carbocycles. The topological polar surface area (TPSA) is 444 Å². The lowest BCUT2D eigenvalue weighted by Gasteiger charge is -2.46. The molecule has 4 aliphatic heterocycles. The van der Waals surface area contributed by atoms with Gasteiger partial charge in [0.2, 0.25) is 23.6 Å². The first kappa shape index (κ1) is 60.1. The van der Waals surface area contributed by atoms with Crippen molar-refractivity contribution in [2.75, 3.05) is 64.5 Å². The quantitative estimate of drug-likeness (QED) is 0.0404. The van der Waals surface area contributed by atoms with Crippen LogP contribution in [0.4, 0.5) is 5.69 Å². The Bertz CT molecular complexity index is 1860. The summed E-state index contributed by atoms with van der Waals surface area (Å²) in [6.07, 6.45) is -32.8. The molecule has 4 amide bonds. The van der Waals surface area contributed by atoms with E-state index in [1.54, 1.807) is 30.3 Å². The maximum atomic E-state index is 13.5. The van der Waals surface area contributed by atoms with Crippen LogP contribution in [0, 0.1) is 0 Å². The zero-order valence-electron chi connectivity index (χ0n) is 39.8. The Morgan fingerprint density at radius 2 is 1.01 bits per heavy atom. The van der Waals surface area contributed by atoms with E-state index < -0.39 is 180 Å². The van der Waals surface area contributed by atoms with E-state index in [9.17, 15) is 85.6 Å². The molecular weight excluding hydrogens is 984 g/mol. The second-order valence-electron chi connectivity index (χ2n) is 17.8. The lowest BCUT2D eigenvalue weighted by atomic mass is 9.96. The van der Waals surface area contributed by atoms with Gasteiger partial charge in [0, 0.05) is 31.6 Å². The number of carbonyl (C=O) groups excluding carboxylic acids is 4. The van der Waals surface area contributed by atoms with Gasteiger partial charge in [0.15, 0.2) is 25.2 Å². The Hall–Kier alpha value is -3.74. The molecule has 29 heteroatoms. The molecule has 29 nitrogen and oxygen atoms in total. The zero-order chi connectivity index (χ0) is 53.5. The fourth-order valence-electron chi connectivity index (χ4n) is 8.11.